The van der Waals surface area contributed by atoms with E-state index in [1.165, 1.54) is 0 Å². The molecule has 6 heteroatoms. The van der Waals surface area contributed by atoms with Gasteiger partial charge in [-0.05, 0) is 23.7 Å². The van der Waals surface area contributed by atoms with Crippen LogP contribution in [0.3, 0.4) is 0 Å². The van der Waals surface area contributed by atoms with Gasteiger partial charge in [-0.3, -0.25) is 0 Å². The average Bonchev–Trinajstić information content (AvgIpc) is 2.57. The number of alkyl halides is 3. The van der Waals surface area contributed by atoms with Crippen LogP contribution in [0.25, 0.3) is 10.9 Å². The van der Waals surface area contributed by atoms with Gasteiger partial charge >= 0.3 is 6.18 Å². The van der Waals surface area contributed by atoms with E-state index in [0.717, 1.165) is 16.9 Å². The maximum absolute atomic E-state index is 12.0. The van der Waals surface area contributed by atoms with Crippen LogP contribution in [0.1, 0.15) is 0 Å². The number of nitrogens with one attached hydrogen (secondary N) is 1. The van der Waals surface area contributed by atoms with Gasteiger partial charge in [-0.25, -0.2) is 0 Å². The van der Waals surface area contributed by atoms with Crippen molar-refractivity contribution in [3.05, 3.63) is 24.3 Å². The van der Waals surface area contributed by atoms with Crippen LogP contribution in [0.4, 0.5) is 18.2 Å². The SMILES string of the molecule is FC(F)(F)CNc1snc2ccccc12. The lowest BCUT2D eigenvalue weighted by atomic mass is 10.2. The van der Waals surface area contributed by atoms with Crippen molar-refractivity contribution in [3.8, 4) is 0 Å². The second kappa shape index (κ2) is 3.69. The summed E-state index contributed by atoms with van der Waals surface area (Å²) in [5.74, 6) is 0. The third-order valence-corrected chi connectivity index (χ3v) is 2.67. The second-order valence-electron chi connectivity index (χ2n) is 3.00. The third-order valence-electron chi connectivity index (χ3n) is 1.83. The van der Waals surface area contributed by atoms with E-state index >= 15 is 0 Å². The minimum atomic E-state index is -4.20. The number of halogens is 3. The van der Waals surface area contributed by atoms with Gasteiger partial charge in [0.05, 0.1) is 5.52 Å². The summed E-state index contributed by atoms with van der Waals surface area (Å²) in [6.07, 6.45) is -4.20. The van der Waals surface area contributed by atoms with Crippen molar-refractivity contribution in [2.45, 2.75) is 6.18 Å². The first kappa shape index (κ1) is 10.2. The molecule has 0 unspecified atom stereocenters. The van der Waals surface area contributed by atoms with Crippen LogP contribution in [0.2, 0.25) is 0 Å². The predicted octanol–water partition coefficient (Wildman–Crippen LogP) is 3.27. The Morgan fingerprint density at radius 1 is 1.27 bits per heavy atom. The van der Waals surface area contributed by atoms with Crippen molar-refractivity contribution in [1.82, 2.24) is 4.37 Å². The molecular weight excluding hydrogens is 225 g/mol. The van der Waals surface area contributed by atoms with Gasteiger partial charge in [-0.15, -0.1) is 0 Å². The Morgan fingerprint density at radius 3 is 2.73 bits per heavy atom. The lowest BCUT2D eigenvalue weighted by Gasteiger charge is -2.07. The van der Waals surface area contributed by atoms with Gasteiger partial charge in [0.25, 0.3) is 0 Å². The standard InChI is InChI=1S/C9H7F3N2S/c10-9(11,12)5-13-8-6-3-1-2-4-7(6)14-15-8/h1-4,13H,5H2. The molecule has 1 aromatic heterocycles. The van der Waals surface area contributed by atoms with E-state index in [-0.39, 0.29) is 0 Å². The molecule has 0 amide bonds. The zero-order valence-electron chi connectivity index (χ0n) is 7.51. The smallest absolute Gasteiger partial charge is 0.366 e. The maximum atomic E-state index is 12.0. The summed E-state index contributed by atoms with van der Waals surface area (Å²) in [6, 6.07) is 7.09. The molecule has 1 heterocycles. The molecule has 1 N–H and O–H groups in total. The Kier molecular flexibility index (Phi) is 2.52. The largest absolute Gasteiger partial charge is 0.405 e. The van der Waals surface area contributed by atoms with E-state index in [4.69, 9.17) is 0 Å². The molecular formula is C9H7F3N2S. The summed E-state index contributed by atoms with van der Waals surface area (Å²) >= 11 is 1.04. The summed E-state index contributed by atoms with van der Waals surface area (Å²) in [5, 5.41) is 3.53. The van der Waals surface area contributed by atoms with Crippen LogP contribution >= 0.6 is 11.5 Å². The fourth-order valence-corrected chi connectivity index (χ4v) is 1.95. The highest BCUT2D eigenvalue weighted by molar-refractivity contribution is 7.11. The molecule has 0 aliphatic carbocycles. The fraction of sp³-hybridized carbons (Fsp3) is 0.222. The molecule has 0 aliphatic rings. The molecule has 2 aromatic rings. The van der Waals surface area contributed by atoms with Crippen LogP contribution in [0.15, 0.2) is 24.3 Å². The highest BCUT2D eigenvalue weighted by atomic mass is 32.1. The van der Waals surface area contributed by atoms with Gasteiger partial charge in [0.2, 0.25) is 0 Å². The van der Waals surface area contributed by atoms with Gasteiger partial charge in [0, 0.05) is 5.39 Å². The average molecular weight is 232 g/mol. The van der Waals surface area contributed by atoms with E-state index in [9.17, 15) is 13.2 Å². The molecule has 0 spiro atoms. The van der Waals surface area contributed by atoms with E-state index < -0.39 is 12.7 Å². The number of anilines is 1. The summed E-state index contributed by atoms with van der Waals surface area (Å²) in [6.45, 7) is -1.03. The summed E-state index contributed by atoms with van der Waals surface area (Å²) < 4.78 is 39.9. The highest BCUT2D eigenvalue weighted by Crippen LogP contribution is 2.28. The normalized spacial score (nSPS) is 11.9. The van der Waals surface area contributed by atoms with Crippen LogP contribution in [0, 0.1) is 0 Å². The van der Waals surface area contributed by atoms with Crippen LogP contribution < -0.4 is 5.32 Å². The molecule has 0 bridgehead atoms. The number of aromatic nitrogens is 1. The number of rotatable bonds is 2. The summed E-state index contributed by atoms with van der Waals surface area (Å²) in [5.41, 5.74) is 0.715. The zero-order valence-corrected chi connectivity index (χ0v) is 8.32. The molecule has 80 valence electrons. The Balaban J connectivity index is 2.22. The van der Waals surface area contributed by atoms with Crippen molar-refractivity contribution >= 4 is 27.4 Å². The lowest BCUT2D eigenvalue weighted by Crippen LogP contribution is -2.20. The summed E-state index contributed by atoms with van der Waals surface area (Å²) in [4.78, 5) is 0. The van der Waals surface area contributed by atoms with E-state index in [1.807, 2.05) is 0 Å². The molecule has 2 nitrogen and oxygen atoms in total. The lowest BCUT2D eigenvalue weighted by molar-refractivity contribution is -0.115. The van der Waals surface area contributed by atoms with Crippen molar-refractivity contribution in [2.24, 2.45) is 0 Å². The third kappa shape index (κ3) is 2.38. The van der Waals surface area contributed by atoms with Gasteiger partial charge in [0.15, 0.2) is 0 Å². The van der Waals surface area contributed by atoms with Crippen molar-refractivity contribution in [1.29, 1.82) is 0 Å². The first-order valence-electron chi connectivity index (χ1n) is 4.21. The summed E-state index contributed by atoms with van der Waals surface area (Å²) in [7, 11) is 0. The van der Waals surface area contributed by atoms with Crippen LogP contribution in [-0.2, 0) is 0 Å². The first-order chi connectivity index (χ1) is 7.06. The Hall–Kier alpha value is -1.30. The number of hydrogen-bond acceptors (Lipinski definition) is 3. The Labute approximate surface area is 87.9 Å². The number of fused-ring (bicyclic) bond motifs is 1. The second-order valence-corrected chi connectivity index (χ2v) is 3.77. The fourth-order valence-electron chi connectivity index (χ4n) is 1.20. The molecule has 0 atom stereocenters. The van der Waals surface area contributed by atoms with E-state index in [1.54, 1.807) is 24.3 Å². The van der Waals surface area contributed by atoms with E-state index in [2.05, 4.69) is 9.69 Å². The van der Waals surface area contributed by atoms with Gasteiger partial charge in [0.1, 0.15) is 11.5 Å². The van der Waals surface area contributed by atoms with Crippen molar-refractivity contribution in [3.63, 3.8) is 0 Å². The maximum Gasteiger partial charge on any atom is 0.405 e. The molecule has 0 fully saturated rings. The molecule has 15 heavy (non-hydrogen) atoms. The van der Waals surface area contributed by atoms with E-state index in [0.29, 0.717) is 10.5 Å². The monoisotopic (exact) mass is 232 g/mol. The topological polar surface area (TPSA) is 24.9 Å². The number of nitrogens with zero attached hydrogens (tertiary/aromatic N) is 1. The Bertz CT molecular complexity index is 464. The van der Waals surface area contributed by atoms with Gasteiger partial charge in [-0.1, -0.05) is 12.1 Å². The van der Waals surface area contributed by atoms with Gasteiger partial charge < -0.3 is 5.32 Å². The minimum Gasteiger partial charge on any atom is -0.366 e. The molecule has 0 saturated heterocycles. The first-order valence-corrected chi connectivity index (χ1v) is 4.99. The molecule has 0 aliphatic heterocycles. The number of benzene rings is 1. The molecule has 1 aromatic carbocycles. The van der Waals surface area contributed by atoms with Crippen molar-refractivity contribution in [2.75, 3.05) is 11.9 Å². The Morgan fingerprint density at radius 2 is 2.00 bits per heavy atom. The van der Waals surface area contributed by atoms with Crippen molar-refractivity contribution < 1.29 is 13.2 Å². The number of hydrogen-bond donors (Lipinski definition) is 1. The zero-order chi connectivity index (χ0) is 10.9. The highest BCUT2D eigenvalue weighted by Gasteiger charge is 2.27. The van der Waals surface area contributed by atoms with Crippen LogP contribution in [0.5, 0.6) is 0 Å². The molecule has 2 rings (SSSR count). The molecule has 0 radical (unpaired) electrons. The quantitative estimate of drug-likeness (QED) is 0.859. The predicted molar refractivity (Wildman–Crippen MR) is 54.2 cm³/mol. The van der Waals surface area contributed by atoms with Gasteiger partial charge in [-0.2, -0.15) is 17.5 Å². The minimum absolute atomic E-state index is 0.461. The van der Waals surface area contributed by atoms with Crippen LogP contribution in [-0.4, -0.2) is 17.1 Å². The molecule has 0 saturated carbocycles.